The van der Waals surface area contributed by atoms with Crippen LogP contribution in [0.1, 0.15) is 0 Å². The number of aromatic nitrogens is 2. The van der Waals surface area contributed by atoms with Crippen LogP contribution in [0.4, 0.5) is 0 Å². The van der Waals surface area contributed by atoms with Crippen LogP contribution in [-0.2, 0) is 0 Å². The molecule has 0 saturated heterocycles. The van der Waals surface area contributed by atoms with Crippen molar-refractivity contribution >= 4 is 65.6 Å². The molecule has 0 saturated carbocycles. The van der Waals surface area contributed by atoms with E-state index in [1.807, 2.05) is 6.07 Å². The van der Waals surface area contributed by atoms with Gasteiger partial charge >= 0.3 is 0 Å². The van der Waals surface area contributed by atoms with Crippen LogP contribution in [0, 0.1) is 0 Å². The normalized spacial score (nSPS) is 11.9. The van der Waals surface area contributed by atoms with Gasteiger partial charge in [-0.2, -0.15) is 0 Å². The van der Waals surface area contributed by atoms with Crippen molar-refractivity contribution in [2.75, 3.05) is 0 Å². The molecule has 0 radical (unpaired) electrons. The molecule has 0 fully saturated rings. The lowest BCUT2D eigenvalue weighted by Crippen LogP contribution is -1.94. The van der Waals surface area contributed by atoms with Crippen molar-refractivity contribution in [2.24, 2.45) is 0 Å². The number of hydrogen-bond donors (Lipinski definition) is 0. The Morgan fingerprint density at radius 1 is 0.263 bits per heavy atom. The summed E-state index contributed by atoms with van der Waals surface area (Å²) in [5.41, 5.74) is 15.9. The van der Waals surface area contributed by atoms with E-state index in [0.29, 0.717) is 0 Å². The molecule has 0 unspecified atom stereocenters. The molecule has 9 aromatic carbocycles. The van der Waals surface area contributed by atoms with Crippen LogP contribution in [0.3, 0.4) is 0 Å². The average molecular weight is 727 g/mol. The highest BCUT2D eigenvalue weighted by Gasteiger charge is 2.20. The van der Waals surface area contributed by atoms with Gasteiger partial charge in [0.2, 0.25) is 0 Å². The molecule has 12 rings (SSSR count). The molecule has 0 aliphatic rings. The van der Waals surface area contributed by atoms with Crippen molar-refractivity contribution in [3.05, 3.63) is 206 Å². The lowest BCUT2D eigenvalue weighted by molar-refractivity contribution is 0.669. The summed E-state index contributed by atoms with van der Waals surface area (Å²) in [5.74, 6) is 0. The first-order chi connectivity index (χ1) is 28.3. The number of para-hydroxylation sites is 2. The first-order valence-electron chi connectivity index (χ1n) is 19.5. The number of nitrogens with zero attached hydrogens (tertiary/aromatic N) is 2. The van der Waals surface area contributed by atoms with Crippen LogP contribution in [0.2, 0.25) is 0 Å². The largest absolute Gasteiger partial charge is 0.456 e. The zero-order valence-corrected chi connectivity index (χ0v) is 30.9. The summed E-state index contributed by atoms with van der Waals surface area (Å²) >= 11 is 0. The molecule has 0 N–H and O–H groups in total. The summed E-state index contributed by atoms with van der Waals surface area (Å²) in [4.78, 5) is 0. The average Bonchev–Trinajstić information content (AvgIpc) is 3.94. The topological polar surface area (TPSA) is 23.0 Å². The van der Waals surface area contributed by atoms with E-state index >= 15 is 0 Å². The van der Waals surface area contributed by atoms with Gasteiger partial charge in [0.15, 0.2) is 0 Å². The molecule has 3 heterocycles. The summed E-state index contributed by atoms with van der Waals surface area (Å²) in [6.45, 7) is 0. The molecule has 3 aromatic heterocycles. The third-order valence-electron chi connectivity index (χ3n) is 11.7. The van der Waals surface area contributed by atoms with Gasteiger partial charge in [-0.15, -0.1) is 0 Å². The van der Waals surface area contributed by atoms with Gasteiger partial charge < -0.3 is 13.6 Å². The second kappa shape index (κ2) is 12.5. The molecular weight excluding hydrogens is 693 g/mol. The Kier molecular flexibility index (Phi) is 6.93. The smallest absolute Gasteiger partial charge is 0.136 e. The molecule has 0 bridgehead atoms. The fraction of sp³-hybridized carbons (Fsp3) is 0. The fourth-order valence-corrected chi connectivity index (χ4v) is 9.12. The number of fused-ring (bicyclic) bond motifs is 10. The molecule has 0 aliphatic heterocycles. The molecule has 0 aliphatic carbocycles. The summed E-state index contributed by atoms with van der Waals surface area (Å²) in [6, 6.07) is 74.4. The molecule has 3 heteroatoms. The number of hydrogen-bond acceptors (Lipinski definition) is 1. The quantitative estimate of drug-likeness (QED) is 0.173. The number of benzene rings is 9. The Hall–Kier alpha value is -7.62. The van der Waals surface area contributed by atoms with Gasteiger partial charge in [-0.3, -0.25) is 0 Å². The predicted octanol–water partition coefficient (Wildman–Crippen LogP) is 14.8. The van der Waals surface area contributed by atoms with E-state index in [1.165, 1.54) is 66.0 Å². The van der Waals surface area contributed by atoms with Gasteiger partial charge in [-0.25, -0.2) is 0 Å². The van der Waals surface area contributed by atoms with E-state index in [2.05, 4.69) is 209 Å². The minimum absolute atomic E-state index is 0.900. The van der Waals surface area contributed by atoms with Crippen molar-refractivity contribution in [1.29, 1.82) is 0 Å². The van der Waals surface area contributed by atoms with E-state index in [0.717, 1.165) is 44.3 Å². The monoisotopic (exact) mass is 726 g/mol. The minimum Gasteiger partial charge on any atom is -0.456 e. The van der Waals surface area contributed by atoms with Gasteiger partial charge in [0.1, 0.15) is 11.2 Å². The highest BCUT2D eigenvalue weighted by molar-refractivity contribution is 6.27. The van der Waals surface area contributed by atoms with Gasteiger partial charge in [-0.05, 0) is 106 Å². The van der Waals surface area contributed by atoms with E-state index < -0.39 is 0 Å². The van der Waals surface area contributed by atoms with Gasteiger partial charge in [0.25, 0.3) is 0 Å². The molecule has 3 nitrogen and oxygen atoms in total. The minimum atomic E-state index is 0.900. The van der Waals surface area contributed by atoms with Crippen molar-refractivity contribution in [1.82, 2.24) is 9.13 Å². The molecule has 57 heavy (non-hydrogen) atoms. The molecular formula is C54H34N2O. The van der Waals surface area contributed by atoms with Crippen molar-refractivity contribution < 1.29 is 4.42 Å². The van der Waals surface area contributed by atoms with Gasteiger partial charge in [0.05, 0.1) is 22.1 Å². The van der Waals surface area contributed by atoms with E-state index in [4.69, 9.17) is 4.42 Å². The van der Waals surface area contributed by atoms with Crippen LogP contribution >= 0.6 is 0 Å². The van der Waals surface area contributed by atoms with Crippen LogP contribution in [0.5, 0.6) is 0 Å². The zero-order chi connectivity index (χ0) is 37.5. The Bertz CT molecular complexity index is 3510. The zero-order valence-electron chi connectivity index (χ0n) is 30.9. The van der Waals surface area contributed by atoms with E-state index in [1.54, 1.807) is 0 Å². The maximum absolute atomic E-state index is 6.46. The summed E-state index contributed by atoms with van der Waals surface area (Å²) < 4.78 is 11.3. The van der Waals surface area contributed by atoms with Crippen LogP contribution in [0.25, 0.3) is 110 Å². The molecule has 0 amide bonds. The second-order valence-corrected chi connectivity index (χ2v) is 14.9. The Labute approximate surface area is 328 Å². The maximum atomic E-state index is 6.46. The fourth-order valence-electron chi connectivity index (χ4n) is 9.12. The van der Waals surface area contributed by atoms with Crippen LogP contribution in [-0.4, -0.2) is 9.13 Å². The lowest BCUT2D eigenvalue weighted by Gasteiger charge is -2.11. The second-order valence-electron chi connectivity index (χ2n) is 14.9. The predicted molar refractivity (Wildman–Crippen MR) is 239 cm³/mol. The third kappa shape index (κ3) is 4.92. The highest BCUT2D eigenvalue weighted by Crippen LogP contribution is 2.43. The van der Waals surface area contributed by atoms with Gasteiger partial charge in [-0.1, -0.05) is 133 Å². The molecule has 0 atom stereocenters. The maximum Gasteiger partial charge on any atom is 0.136 e. The molecule has 266 valence electrons. The van der Waals surface area contributed by atoms with Crippen molar-refractivity contribution in [2.45, 2.75) is 0 Å². The summed E-state index contributed by atoms with van der Waals surface area (Å²) in [5, 5.41) is 7.16. The van der Waals surface area contributed by atoms with Crippen LogP contribution < -0.4 is 0 Å². The van der Waals surface area contributed by atoms with Crippen LogP contribution in [0.15, 0.2) is 211 Å². The van der Waals surface area contributed by atoms with Gasteiger partial charge in [0, 0.05) is 43.7 Å². The Morgan fingerprint density at radius 2 is 0.754 bits per heavy atom. The standard InChI is InChI=1S/C54H34N2O/c1-3-13-35(14-4-1)37-17-11-19-41(31-37)55-47-23-9-7-21-43(47)45-33-39(25-27-48(45)55)40-26-28-49-46(34-40)53-50(29-30-52-54(53)44-22-8-10-24-51(44)57-52)56(49)42-20-12-18-38(32-42)36-15-5-2-6-16-36/h1-34H. The Morgan fingerprint density at radius 3 is 1.44 bits per heavy atom. The number of rotatable bonds is 5. The third-order valence-corrected chi connectivity index (χ3v) is 11.7. The molecule has 12 aromatic rings. The van der Waals surface area contributed by atoms with Crippen molar-refractivity contribution in [3.63, 3.8) is 0 Å². The first-order valence-corrected chi connectivity index (χ1v) is 19.5. The van der Waals surface area contributed by atoms with Crippen molar-refractivity contribution in [3.8, 4) is 44.8 Å². The Balaban J connectivity index is 1.08. The van der Waals surface area contributed by atoms with E-state index in [-0.39, 0.29) is 0 Å². The van der Waals surface area contributed by atoms with E-state index in [9.17, 15) is 0 Å². The summed E-state index contributed by atoms with van der Waals surface area (Å²) in [6.07, 6.45) is 0. The lowest BCUT2D eigenvalue weighted by atomic mass is 9.99. The summed E-state index contributed by atoms with van der Waals surface area (Å²) in [7, 11) is 0. The highest BCUT2D eigenvalue weighted by atomic mass is 16.3. The molecule has 0 spiro atoms. The number of furan rings is 1. The first kappa shape index (κ1) is 31.7. The SMILES string of the molecule is c1ccc(-c2cccc(-n3c4ccccc4c4cc(-c5ccc6c(c5)c5c7c(ccc5n6-c5cccc(-c6ccccc6)c5)oc5ccccc57)ccc43)c2)cc1.